The maximum absolute atomic E-state index is 12.4. The third-order valence-corrected chi connectivity index (χ3v) is 2.93. The van der Waals surface area contributed by atoms with Gasteiger partial charge in [0.2, 0.25) is 0 Å². The summed E-state index contributed by atoms with van der Waals surface area (Å²) in [6.45, 7) is 2.16. The first-order valence-electron chi connectivity index (χ1n) is 7.05. The monoisotopic (exact) mass is 365 g/mol. The molecule has 1 aromatic heterocycles. The van der Waals surface area contributed by atoms with Crippen LogP contribution in [0.4, 0.5) is 10.6 Å². The molecule has 0 aliphatic heterocycles. The van der Waals surface area contributed by atoms with Crippen molar-refractivity contribution < 1.29 is 4.79 Å². The predicted molar refractivity (Wildman–Crippen MR) is 101 cm³/mol. The summed E-state index contributed by atoms with van der Waals surface area (Å²) in [5, 5.41) is 0. The molecule has 0 N–H and O–H groups in total. The Bertz CT molecular complexity index is 469. The number of hydrogen-bond acceptors (Lipinski definition) is 4. The van der Waals surface area contributed by atoms with E-state index in [1.807, 2.05) is 46.4 Å². The molecule has 23 heavy (non-hydrogen) atoms. The minimum absolute atomic E-state index is 0. The lowest BCUT2D eigenvalue weighted by Crippen LogP contribution is -2.43. The highest BCUT2D eigenvalue weighted by atomic mass is 35.5. The largest absolute Gasteiger partial charge is 0.330 e. The fourth-order valence-electron chi connectivity index (χ4n) is 1.88. The Hall–Kier alpha value is -1.08. The van der Waals surface area contributed by atoms with E-state index in [-0.39, 0.29) is 30.8 Å². The standard InChI is InChI=1S/C15H27N5O.2ClH/c1-17(2)10-11-20(15(21)19(5)6)14-9-7-8-13(16-14)12-18(3)4;;/h7-9H,10-12H2,1-6H3;2*1H. The minimum atomic E-state index is -0.0497. The lowest BCUT2D eigenvalue weighted by Gasteiger charge is -2.27. The number of urea groups is 1. The molecule has 134 valence electrons. The zero-order chi connectivity index (χ0) is 16.0. The molecule has 0 saturated heterocycles. The molecule has 1 heterocycles. The summed E-state index contributed by atoms with van der Waals surface area (Å²) < 4.78 is 0. The van der Waals surface area contributed by atoms with Gasteiger partial charge in [-0.1, -0.05) is 6.07 Å². The van der Waals surface area contributed by atoms with E-state index in [9.17, 15) is 4.79 Å². The molecule has 1 rings (SSSR count). The molecule has 0 spiro atoms. The molecule has 0 bridgehead atoms. The van der Waals surface area contributed by atoms with E-state index in [1.54, 1.807) is 23.9 Å². The summed E-state index contributed by atoms with van der Waals surface area (Å²) >= 11 is 0. The third-order valence-electron chi connectivity index (χ3n) is 2.93. The van der Waals surface area contributed by atoms with Crippen LogP contribution in [0.25, 0.3) is 0 Å². The molecular weight excluding hydrogens is 337 g/mol. The van der Waals surface area contributed by atoms with Gasteiger partial charge in [-0.05, 0) is 40.3 Å². The van der Waals surface area contributed by atoms with E-state index in [0.717, 1.165) is 18.8 Å². The van der Waals surface area contributed by atoms with Crippen molar-refractivity contribution in [1.82, 2.24) is 19.7 Å². The minimum Gasteiger partial charge on any atom is -0.330 e. The van der Waals surface area contributed by atoms with Crippen LogP contribution in [0.1, 0.15) is 5.69 Å². The number of carbonyl (C=O) groups is 1. The van der Waals surface area contributed by atoms with Gasteiger partial charge in [0, 0.05) is 33.7 Å². The smallest absolute Gasteiger partial charge is 0.325 e. The molecule has 0 aliphatic carbocycles. The number of carbonyl (C=O) groups excluding carboxylic acids is 1. The van der Waals surface area contributed by atoms with E-state index >= 15 is 0 Å². The van der Waals surface area contributed by atoms with Crippen LogP contribution in [0.5, 0.6) is 0 Å². The summed E-state index contributed by atoms with van der Waals surface area (Å²) in [6, 6.07) is 5.77. The van der Waals surface area contributed by atoms with Crippen LogP contribution in [0.3, 0.4) is 0 Å². The topological polar surface area (TPSA) is 42.9 Å². The highest BCUT2D eigenvalue weighted by molar-refractivity contribution is 5.90. The van der Waals surface area contributed by atoms with Crippen LogP contribution in [0.15, 0.2) is 18.2 Å². The molecule has 0 saturated carbocycles. The SMILES string of the molecule is CN(C)CCN(C(=O)N(C)C)c1cccc(CN(C)C)n1.Cl.Cl. The summed E-state index contributed by atoms with van der Waals surface area (Å²) in [6.07, 6.45) is 0. The Morgan fingerprint density at radius 1 is 0.957 bits per heavy atom. The van der Waals surface area contributed by atoms with Crippen LogP contribution in [-0.4, -0.2) is 81.1 Å². The van der Waals surface area contributed by atoms with Crippen LogP contribution in [0, 0.1) is 0 Å². The second-order valence-corrected chi connectivity index (χ2v) is 5.86. The first-order valence-corrected chi connectivity index (χ1v) is 7.05. The number of hydrogen-bond donors (Lipinski definition) is 0. The van der Waals surface area contributed by atoms with Crippen molar-refractivity contribution in [2.24, 2.45) is 0 Å². The average molecular weight is 366 g/mol. The number of amides is 2. The number of anilines is 1. The lowest BCUT2D eigenvalue weighted by molar-refractivity contribution is 0.222. The average Bonchev–Trinajstić information content (AvgIpc) is 2.37. The second-order valence-electron chi connectivity index (χ2n) is 5.86. The molecule has 0 radical (unpaired) electrons. The zero-order valence-corrected chi connectivity index (χ0v) is 16.4. The Morgan fingerprint density at radius 3 is 2.04 bits per heavy atom. The molecule has 2 amide bonds. The summed E-state index contributed by atoms with van der Waals surface area (Å²) in [4.78, 5) is 24.4. The van der Waals surface area contributed by atoms with E-state index in [1.165, 1.54) is 0 Å². The van der Waals surface area contributed by atoms with Gasteiger partial charge in [-0.15, -0.1) is 24.8 Å². The number of halogens is 2. The van der Waals surface area contributed by atoms with Crippen LogP contribution in [0.2, 0.25) is 0 Å². The van der Waals surface area contributed by atoms with Gasteiger partial charge < -0.3 is 14.7 Å². The van der Waals surface area contributed by atoms with Crippen LogP contribution < -0.4 is 4.90 Å². The number of pyridine rings is 1. The maximum atomic E-state index is 12.4. The quantitative estimate of drug-likeness (QED) is 0.773. The summed E-state index contributed by atoms with van der Waals surface area (Å²) in [5.41, 5.74) is 0.957. The molecule has 0 atom stereocenters. The van der Waals surface area contributed by atoms with Gasteiger partial charge in [0.15, 0.2) is 0 Å². The van der Waals surface area contributed by atoms with Crippen molar-refractivity contribution in [2.75, 3.05) is 60.3 Å². The van der Waals surface area contributed by atoms with Crippen LogP contribution >= 0.6 is 24.8 Å². The van der Waals surface area contributed by atoms with E-state index in [4.69, 9.17) is 0 Å². The first kappa shape index (κ1) is 24.2. The Morgan fingerprint density at radius 2 is 1.57 bits per heavy atom. The Balaban J connectivity index is 0. The van der Waals surface area contributed by atoms with E-state index in [2.05, 4.69) is 14.8 Å². The van der Waals surface area contributed by atoms with Gasteiger partial charge in [0.25, 0.3) is 0 Å². The van der Waals surface area contributed by atoms with Gasteiger partial charge in [-0.3, -0.25) is 4.90 Å². The predicted octanol–water partition coefficient (Wildman–Crippen LogP) is 2.04. The molecule has 1 aromatic rings. The molecule has 0 unspecified atom stereocenters. The molecule has 6 nitrogen and oxygen atoms in total. The second kappa shape index (κ2) is 11.5. The fraction of sp³-hybridized carbons (Fsp3) is 0.600. The van der Waals surface area contributed by atoms with E-state index in [0.29, 0.717) is 12.4 Å². The van der Waals surface area contributed by atoms with Crippen molar-refractivity contribution in [3.05, 3.63) is 23.9 Å². The highest BCUT2D eigenvalue weighted by Gasteiger charge is 2.19. The zero-order valence-electron chi connectivity index (χ0n) is 14.8. The van der Waals surface area contributed by atoms with E-state index < -0.39 is 0 Å². The van der Waals surface area contributed by atoms with Crippen molar-refractivity contribution in [3.63, 3.8) is 0 Å². The summed E-state index contributed by atoms with van der Waals surface area (Å²) in [5.74, 6) is 0.704. The maximum Gasteiger partial charge on any atom is 0.325 e. The van der Waals surface area contributed by atoms with Gasteiger partial charge in [0.1, 0.15) is 5.82 Å². The fourth-order valence-corrected chi connectivity index (χ4v) is 1.88. The molecule has 0 aliphatic rings. The van der Waals surface area contributed by atoms with Gasteiger partial charge in [0.05, 0.1) is 5.69 Å². The van der Waals surface area contributed by atoms with Crippen molar-refractivity contribution in [1.29, 1.82) is 0 Å². The molecule has 0 aromatic carbocycles. The molecule has 0 fully saturated rings. The van der Waals surface area contributed by atoms with Gasteiger partial charge in [-0.25, -0.2) is 9.78 Å². The number of nitrogens with zero attached hydrogens (tertiary/aromatic N) is 5. The number of rotatable bonds is 6. The number of aromatic nitrogens is 1. The Kier molecular flexibility index (Phi) is 12.0. The Labute approximate surface area is 152 Å². The normalized spacial score (nSPS) is 10.1. The van der Waals surface area contributed by atoms with Gasteiger partial charge >= 0.3 is 6.03 Å². The summed E-state index contributed by atoms with van der Waals surface area (Å²) in [7, 11) is 11.5. The first-order chi connectivity index (χ1) is 9.81. The lowest BCUT2D eigenvalue weighted by atomic mass is 10.3. The van der Waals surface area contributed by atoms with Gasteiger partial charge in [-0.2, -0.15) is 0 Å². The highest BCUT2D eigenvalue weighted by Crippen LogP contribution is 2.14. The molecule has 8 heteroatoms. The number of likely N-dealkylation sites (N-methyl/N-ethyl adjacent to an activating group) is 1. The molecular formula is C15H29Cl2N5O. The third kappa shape index (κ3) is 8.37. The van der Waals surface area contributed by atoms with Crippen molar-refractivity contribution >= 4 is 36.7 Å². The van der Waals surface area contributed by atoms with Crippen molar-refractivity contribution in [3.8, 4) is 0 Å². The van der Waals surface area contributed by atoms with Crippen molar-refractivity contribution in [2.45, 2.75) is 6.54 Å². The van der Waals surface area contributed by atoms with Crippen LogP contribution in [-0.2, 0) is 6.54 Å².